The Bertz CT molecular complexity index is 438. The molecule has 0 saturated heterocycles. The van der Waals surface area contributed by atoms with E-state index in [0.29, 0.717) is 6.42 Å². The Morgan fingerprint density at radius 1 is 1.18 bits per heavy atom. The maximum atomic E-state index is 11.7. The Labute approximate surface area is 102 Å². The zero-order valence-corrected chi connectivity index (χ0v) is 10.6. The molecular formula is C15H18O2. The fraction of sp³-hybridized carbons (Fsp3) is 0.400. The number of allylic oxidation sites excluding steroid dienone is 2. The van der Waals surface area contributed by atoms with Crippen LogP contribution in [0.1, 0.15) is 38.9 Å². The Hall–Kier alpha value is -1.57. The van der Waals surface area contributed by atoms with Gasteiger partial charge in [0.1, 0.15) is 11.9 Å². The molecule has 1 aromatic carbocycles. The van der Waals surface area contributed by atoms with Crippen LogP contribution in [0.15, 0.2) is 42.2 Å². The molecule has 1 atom stereocenters. The highest BCUT2D eigenvalue weighted by Gasteiger charge is 2.29. The Balaban J connectivity index is 2.25. The Morgan fingerprint density at radius 2 is 1.82 bits per heavy atom. The number of hydrogen-bond donors (Lipinski definition) is 0. The van der Waals surface area contributed by atoms with E-state index < -0.39 is 0 Å². The van der Waals surface area contributed by atoms with Gasteiger partial charge in [-0.2, -0.15) is 0 Å². The van der Waals surface area contributed by atoms with E-state index in [4.69, 9.17) is 4.74 Å². The van der Waals surface area contributed by atoms with E-state index in [1.807, 2.05) is 30.3 Å². The number of rotatable bonds is 1. The van der Waals surface area contributed by atoms with Gasteiger partial charge >= 0.3 is 0 Å². The fourth-order valence-corrected chi connectivity index (χ4v) is 1.86. The summed E-state index contributed by atoms with van der Waals surface area (Å²) in [6, 6.07) is 9.91. The van der Waals surface area contributed by atoms with Crippen molar-refractivity contribution in [2.45, 2.75) is 33.3 Å². The van der Waals surface area contributed by atoms with Crippen molar-refractivity contribution >= 4 is 5.78 Å². The molecule has 0 saturated carbocycles. The van der Waals surface area contributed by atoms with Crippen LogP contribution in [0.5, 0.6) is 0 Å². The highest BCUT2D eigenvalue weighted by Crippen LogP contribution is 2.36. The van der Waals surface area contributed by atoms with Gasteiger partial charge in [-0.3, -0.25) is 4.79 Å². The monoisotopic (exact) mass is 230 g/mol. The Morgan fingerprint density at radius 3 is 2.41 bits per heavy atom. The number of benzene rings is 1. The molecule has 0 spiro atoms. The summed E-state index contributed by atoms with van der Waals surface area (Å²) in [6.07, 6.45) is 1.94. The van der Waals surface area contributed by atoms with Crippen molar-refractivity contribution in [3.8, 4) is 0 Å². The third-order valence-corrected chi connectivity index (χ3v) is 2.86. The van der Waals surface area contributed by atoms with Gasteiger partial charge in [0.2, 0.25) is 0 Å². The second-order valence-corrected chi connectivity index (χ2v) is 5.45. The summed E-state index contributed by atoms with van der Waals surface area (Å²) in [5, 5.41) is 0. The molecule has 0 N–H and O–H groups in total. The second-order valence-electron chi connectivity index (χ2n) is 5.45. The van der Waals surface area contributed by atoms with Crippen molar-refractivity contribution in [3.05, 3.63) is 47.7 Å². The third kappa shape index (κ3) is 2.76. The van der Waals surface area contributed by atoms with E-state index in [2.05, 4.69) is 20.8 Å². The average Bonchev–Trinajstić information content (AvgIpc) is 2.28. The zero-order valence-electron chi connectivity index (χ0n) is 10.6. The van der Waals surface area contributed by atoms with Crippen LogP contribution < -0.4 is 0 Å². The lowest BCUT2D eigenvalue weighted by Gasteiger charge is -2.31. The van der Waals surface area contributed by atoms with Gasteiger partial charge in [0, 0.05) is 11.5 Å². The molecule has 17 heavy (non-hydrogen) atoms. The first-order chi connectivity index (χ1) is 7.97. The first-order valence-electron chi connectivity index (χ1n) is 5.93. The van der Waals surface area contributed by atoms with Gasteiger partial charge in [-0.25, -0.2) is 0 Å². The summed E-state index contributed by atoms with van der Waals surface area (Å²) < 4.78 is 5.95. The molecule has 2 rings (SSSR count). The smallest absolute Gasteiger partial charge is 0.163 e. The number of carbonyl (C=O) groups excluding carboxylic acids is 1. The normalized spacial score (nSPS) is 20.8. The molecule has 0 aliphatic carbocycles. The van der Waals surface area contributed by atoms with Crippen molar-refractivity contribution < 1.29 is 9.53 Å². The van der Waals surface area contributed by atoms with Gasteiger partial charge < -0.3 is 4.74 Å². The maximum Gasteiger partial charge on any atom is 0.163 e. The van der Waals surface area contributed by atoms with E-state index in [1.54, 1.807) is 6.08 Å². The van der Waals surface area contributed by atoms with E-state index in [0.717, 1.165) is 11.3 Å². The molecule has 2 nitrogen and oxygen atoms in total. The molecule has 0 bridgehead atoms. The minimum Gasteiger partial charge on any atom is -0.489 e. The lowest BCUT2D eigenvalue weighted by atomic mass is 9.90. The van der Waals surface area contributed by atoms with Crippen LogP contribution in [0, 0.1) is 5.41 Å². The van der Waals surface area contributed by atoms with Crippen molar-refractivity contribution in [2.75, 3.05) is 0 Å². The molecule has 0 amide bonds. The summed E-state index contributed by atoms with van der Waals surface area (Å²) in [5.41, 5.74) is 0.944. The molecule has 0 fully saturated rings. The van der Waals surface area contributed by atoms with E-state index in [-0.39, 0.29) is 17.3 Å². The number of ketones is 1. The van der Waals surface area contributed by atoms with Crippen LogP contribution in [0.4, 0.5) is 0 Å². The second kappa shape index (κ2) is 4.36. The van der Waals surface area contributed by atoms with Crippen molar-refractivity contribution in [2.24, 2.45) is 5.41 Å². The molecule has 2 heteroatoms. The quantitative estimate of drug-likeness (QED) is 0.736. The van der Waals surface area contributed by atoms with Crippen LogP contribution in [-0.2, 0) is 9.53 Å². The van der Waals surface area contributed by atoms with Crippen LogP contribution in [-0.4, -0.2) is 5.78 Å². The minimum atomic E-state index is -0.136. The molecule has 0 aromatic heterocycles. The molecule has 0 unspecified atom stereocenters. The summed E-state index contributed by atoms with van der Waals surface area (Å²) >= 11 is 0. The lowest BCUT2D eigenvalue weighted by Crippen LogP contribution is -2.22. The molecule has 1 aliphatic heterocycles. The van der Waals surface area contributed by atoms with Gasteiger partial charge in [0.25, 0.3) is 0 Å². The zero-order chi connectivity index (χ0) is 12.5. The summed E-state index contributed by atoms with van der Waals surface area (Å²) in [5.74, 6) is 0.928. The maximum absolute atomic E-state index is 11.7. The predicted octanol–water partition coefficient (Wildman–Crippen LogP) is 3.65. The number of ether oxygens (including phenoxy) is 1. The molecule has 1 aromatic rings. The number of carbonyl (C=O) groups is 1. The van der Waals surface area contributed by atoms with Crippen molar-refractivity contribution in [1.29, 1.82) is 0 Å². The molecule has 0 radical (unpaired) electrons. The van der Waals surface area contributed by atoms with Gasteiger partial charge in [-0.05, 0) is 5.56 Å². The third-order valence-electron chi connectivity index (χ3n) is 2.86. The summed E-state index contributed by atoms with van der Waals surface area (Å²) in [7, 11) is 0. The van der Waals surface area contributed by atoms with Crippen LogP contribution in [0.2, 0.25) is 0 Å². The fourth-order valence-electron chi connectivity index (χ4n) is 1.86. The van der Waals surface area contributed by atoms with Crippen LogP contribution in [0.25, 0.3) is 0 Å². The van der Waals surface area contributed by atoms with Gasteiger partial charge in [0.15, 0.2) is 5.78 Å². The van der Waals surface area contributed by atoms with E-state index >= 15 is 0 Å². The molecule has 1 aliphatic rings. The SMILES string of the molecule is CC(C)(C)C1=CC(=O)C[C@H](c2ccccc2)O1. The standard InChI is InChI=1S/C15H18O2/c1-15(2,3)14-10-12(16)9-13(17-14)11-7-5-4-6-8-11/h4-8,10,13H,9H2,1-3H3/t13-/m1/s1. The predicted molar refractivity (Wildman–Crippen MR) is 67.4 cm³/mol. The van der Waals surface area contributed by atoms with Gasteiger partial charge in [0.05, 0.1) is 6.42 Å². The van der Waals surface area contributed by atoms with Crippen molar-refractivity contribution in [3.63, 3.8) is 0 Å². The van der Waals surface area contributed by atoms with Crippen molar-refractivity contribution in [1.82, 2.24) is 0 Å². The van der Waals surface area contributed by atoms with Crippen LogP contribution >= 0.6 is 0 Å². The minimum absolute atomic E-state index is 0.122. The molecule has 1 heterocycles. The number of hydrogen-bond acceptors (Lipinski definition) is 2. The van der Waals surface area contributed by atoms with Gasteiger partial charge in [-0.1, -0.05) is 51.1 Å². The topological polar surface area (TPSA) is 26.3 Å². The Kier molecular flexibility index (Phi) is 3.05. The average molecular weight is 230 g/mol. The summed E-state index contributed by atoms with van der Waals surface area (Å²) in [6.45, 7) is 6.17. The molecular weight excluding hydrogens is 212 g/mol. The first-order valence-corrected chi connectivity index (χ1v) is 5.93. The van der Waals surface area contributed by atoms with Crippen LogP contribution in [0.3, 0.4) is 0 Å². The largest absolute Gasteiger partial charge is 0.489 e. The van der Waals surface area contributed by atoms with E-state index in [1.165, 1.54) is 0 Å². The highest BCUT2D eigenvalue weighted by atomic mass is 16.5. The highest BCUT2D eigenvalue weighted by molar-refractivity contribution is 5.91. The summed E-state index contributed by atoms with van der Waals surface area (Å²) in [4.78, 5) is 11.7. The van der Waals surface area contributed by atoms with E-state index in [9.17, 15) is 4.79 Å². The van der Waals surface area contributed by atoms with Gasteiger partial charge in [-0.15, -0.1) is 0 Å². The first kappa shape index (κ1) is 11.9. The lowest BCUT2D eigenvalue weighted by molar-refractivity contribution is -0.119. The molecule has 90 valence electrons.